The fraction of sp³-hybridized carbons (Fsp3) is 0.333. The van der Waals surface area contributed by atoms with Gasteiger partial charge in [-0.3, -0.25) is 23.7 Å². The molecular formula is C21H21N5O6S2. The molecule has 178 valence electrons. The second-order valence-electron chi connectivity index (χ2n) is 7.42. The number of piperazine rings is 1. The van der Waals surface area contributed by atoms with E-state index in [1.807, 2.05) is 4.90 Å². The molecule has 0 saturated carbocycles. The third-order valence-corrected chi connectivity index (χ3v) is 6.67. The summed E-state index contributed by atoms with van der Waals surface area (Å²) >= 11 is 6.10. The molecule has 1 N–H and O–H groups in total. The summed E-state index contributed by atoms with van der Waals surface area (Å²) in [6.07, 6.45) is 2.61. The van der Waals surface area contributed by atoms with Crippen molar-refractivity contribution in [1.82, 2.24) is 19.2 Å². The summed E-state index contributed by atoms with van der Waals surface area (Å²) in [4.78, 5) is 58.6. The Hall–Kier alpha value is -3.45. The molecule has 4 heterocycles. The Morgan fingerprint density at radius 3 is 2.65 bits per heavy atom. The number of aromatic nitrogens is 2. The highest BCUT2D eigenvalue weighted by Crippen LogP contribution is 2.33. The van der Waals surface area contributed by atoms with Gasteiger partial charge in [0.25, 0.3) is 11.5 Å². The zero-order valence-electron chi connectivity index (χ0n) is 18.2. The number of fused-ring (bicyclic) bond motifs is 1. The zero-order chi connectivity index (χ0) is 24.4. The average Bonchev–Trinajstić information content (AvgIpc) is 3.08. The van der Waals surface area contributed by atoms with Crippen LogP contribution in [0.4, 0.5) is 10.6 Å². The van der Waals surface area contributed by atoms with E-state index in [-0.39, 0.29) is 27.0 Å². The first-order valence-electron chi connectivity index (χ1n) is 10.5. The first kappa shape index (κ1) is 23.7. The number of carbonyl (C=O) groups is 3. The molecule has 0 radical (unpaired) electrons. The fourth-order valence-corrected chi connectivity index (χ4v) is 4.91. The lowest BCUT2D eigenvalue weighted by Crippen LogP contribution is -2.49. The molecule has 34 heavy (non-hydrogen) atoms. The highest BCUT2D eigenvalue weighted by Gasteiger charge is 2.34. The minimum atomic E-state index is -1.19. The quantitative estimate of drug-likeness (QED) is 0.471. The maximum absolute atomic E-state index is 13.4. The van der Waals surface area contributed by atoms with Gasteiger partial charge in [-0.2, -0.15) is 0 Å². The molecule has 2 aromatic rings. The van der Waals surface area contributed by atoms with Crippen molar-refractivity contribution in [3.63, 3.8) is 0 Å². The summed E-state index contributed by atoms with van der Waals surface area (Å²) in [5, 5.41) is 9.07. The van der Waals surface area contributed by atoms with Crippen LogP contribution >= 0.6 is 24.0 Å². The third kappa shape index (κ3) is 4.61. The van der Waals surface area contributed by atoms with Crippen LogP contribution in [0.1, 0.15) is 12.5 Å². The average molecular weight is 504 g/mol. The van der Waals surface area contributed by atoms with Gasteiger partial charge in [-0.1, -0.05) is 30.0 Å². The smallest absolute Gasteiger partial charge is 0.409 e. The number of carboxylic acid groups (broad SMARTS) is 1. The Labute approximate surface area is 203 Å². The number of carbonyl (C=O) groups excluding carboxylic acids is 2. The van der Waals surface area contributed by atoms with Gasteiger partial charge < -0.3 is 19.6 Å². The summed E-state index contributed by atoms with van der Waals surface area (Å²) in [7, 11) is 0. The topological polar surface area (TPSA) is 125 Å². The maximum atomic E-state index is 13.4. The predicted molar refractivity (Wildman–Crippen MR) is 130 cm³/mol. The van der Waals surface area contributed by atoms with Gasteiger partial charge in [0.2, 0.25) is 0 Å². The van der Waals surface area contributed by atoms with Crippen LogP contribution in [-0.4, -0.2) is 85.9 Å². The van der Waals surface area contributed by atoms with Crippen LogP contribution in [0, 0.1) is 0 Å². The number of amides is 2. The van der Waals surface area contributed by atoms with Crippen LogP contribution in [0.2, 0.25) is 0 Å². The summed E-state index contributed by atoms with van der Waals surface area (Å²) in [5.74, 6) is -1.39. The molecule has 2 aliphatic heterocycles. The van der Waals surface area contributed by atoms with E-state index in [0.717, 1.165) is 16.7 Å². The van der Waals surface area contributed by atoms with Crippen LogP contribution in [0.5, 0.6) is 0 Å². The molecule has 2 fully saturated rings. The highest BCUT2D eigenvalue weighted by molar-refractivity contribution is 8.26. The molecule has 0 aliphatic carbocycles. The number of thioether (sulfide) groups is 1. The molecule has 2 saturated heterocycles. The second-order valence-corrected chi connectivity index (χ2v) is 9.09. The van der Waals surface area contributed by atoms with Gasteiger partial charge in [0, 0.05) is 32.4 Å². The lowest BCUT2D eigenvalue weighted by molar-refractivity contribution is -0.140. The van der Waals surface area contributed by atoms with Gasteiger partial charge in [-0.05, 0) is 25.1 Å². The number of hydrogen-bond acceptors (Lipinski definition) is 9. The van der Waals surface area contributed by atoms with Crippen molar-refractivity contribution in [3.05, 3.63) is 45.2 Å². The first-order chi connectivity index (χ1) is 16.3. The Morgan fingerprint density at radius 1 is 1.24 bits per heavy atom. The van der Waals surface area contributed by atoms with Crippen LogP contribution < -0.4 is 10.5 Å². The predicted octanol–water partition coefficient (Wildman–Crippen LogP) is 1.26. The minimum Gasteiger partial charge on any atom is -0.480 e. The normalized spacial score (nSPS) is 17.7. The van der Waals surface area contributed by atoms with E-state index in [9.17, 15) is 19.2 Å². The SMILES string of the molecule is CCOC(=O)N1CCN(c2nc3ccccn3c(=O)c2/C=C2/SC(=S)N(CC(=O)O)C2=O)CC1. The van der Waals surface area contributed by atoms with Gasteiger partial charge >= 0.3 is 12.1 Å². The van der Waals surface area contributed by atoms with E-state index in [4.69, 9.17) is 22.1 Å². The van der Waals surface area contributed by atoms with Crippen molar-refractivity contribution in [2.75, 3.05) is 44.2 Å². The van der Waals surface area contributed by atoms with Crippen molar-refractivity contribution < 1.29 is 24.2 Å². The Kier molecular flexibility index (Phi) is 6.84. The number of anilines is 1. The molecule has 4 rings (SSSR count). The molecule has 0 aromatic carbocycles. The van der Waals surface area contributed by atoms with Crippen LogP contribution in [0.25, 0.3) is 11.7 Å². The highest BCUT2D eigenvalue weighted by atomic mass is 32.2. The number of aliphatic carboxylic acids is 1. The van der Waals surface area contributed by atoms with E-state index >= 15 is 0 Å². The van der Waals surface area contributed by atoms with Crippen LogP contribution in [0.3, 0.4) is 0 Å². The first-order valence-corrected chi connectivity index (χ1v) is 11.7. The van der Waals surface area contributed by atoms with E-state index in [2.05, 4.69) is 4.98 Å². The Morgan fingerprint density at radius 2 is 1.97 bits per heavy atom. The Bertz CT molecular complexity index is 1270. The number of thiocarbonyl (C=S) groups is 1. The number of ether oxygens (including phenoxy) is 1. The molecule has 2 aromatic heterocycles. The van der Waals surface area contributed by atoms with Gasteiger partial charge in [0.05, 0.1) is 17.1 Å². The summed E-state index contributed by atoms with van der Waals surface area (Å²) in [5.41, 5.74) is 0.243. The van der Waals surface area contributed by atoms with Gasteiger partial charge in [0.15, 0.2) is 0 Å². The molecule has 0 atom stereocenters. The monoisotopic (exact) mass is 503 g/mol. The minimum absolute atomic E-state index is 0.108. The van der Waals surface area contributed by atoms with E-state index in [0.29, 0.717) is 37.6 Å². The summed E-state index contributed by atoms with van der Waals surface area (Å²) < 4.78 is 6.55. The van der Waals surface area contributed by atoms with Crippen molar-refractivity contribution in [1.29, 1.82) is 0 Å². The van der Waals surface area contributed by atoms with Gasteiger partial charge in [-0.15, -0.1) is 0 Å². The fourth-order valence-electron chi connectivity index (χ4n) is 3.68. The number of hydrogen-bond donors (Lipinski definition) is 1. The molecular weight excluding hydrogens is 482 g/mol. The molecule has 0 bridgehead atoms. The van der Waals surface area contributed by atoms with Crippen molar-refractivity contribution in [3.8, 4) is 0 Å². The molecule has 0 unspecified atom stereocenters. The number of pyridine rings is 1. The summed E-state index contributed by atoms with van der Waals surface area (Å²) in [6.45, 7) is 3.06. The van der Waals surface area contributed by atoms with Crippen molar-refractivity contribution in [2.45, 2.75) is 6.92 Å². The molecule has 13 heteroatoms. The largest absolute Gasteiger partial charge is 0.480 e. The van der Waals surface area contributed by atoms with E-state index < -0.39 is 24.5 Å². The van der Waals surface area contributed by atoms with Crippen molar-refractivity contribution >= 4 is 63.8 Å². The van der Waals surface area contributed by atoms with E-state index in [1.54, 1.807) is 36.2 Å². The second kappa shape index (κ2) is 9.81. The van der Waals surface area contributed by atoms with Gasteiger partial charge in [-0.25, -0.2) is 9.78 Å². The van der Waals surface area contributed by atoms with Crippen molar-refractivity contribution in [2.24, 2.45) is 0 Å². The third-order valence-electron chi connectivity index (χ3n) is 5.30. The van der Waals surface area contributed by atoms with Crippen LogP contribution in [0.15, 0.2) is 34.1 Å². The van der Waals surface area contributed by atoms with Gasteiger partial charge in [0.1, 0.15) is 22.3 Å². The standard InChI is InChI=1S/C21H21N5O6S2/c1-2-32-20(31)24-9-7-23(8-10-24)17-13(18(29)25-6-4-3-5-15(25)22-17)11-14-19(30)26(12-16(27)28)21(33)34-14/h3-6,11H,2,7-10,12H2,1H3,(H,27,28)/b14-11+. The number of nitrogens with zero attached hydrogens (tertiary/aromatic N) is 5. The lowest BCUT2D eigenvalue weighted by Gasteiger charge is -2.35. The number of rotatable bonds is 5. The number of carboxylic acids is 1. The molecule has 2 aliphatic rings. The molecule has 11 nitrogen and oxygen atoms in total. The van der Waals surface area contributed by atoms with Crippen LogP contribution in [-0.2, 0) is 14.3 Å². The van der Waals surface area contributed by atoms with E-state index in [1.165, 1.54) is 10.5 Å². The lowest BCUT2D eigenvalue weighted by atomic mass is 10.2. The summed E-state index contributed by atoms with van der Waals surface area (Å²) in [6, 6.07) is 5.17. The Balaban J connectivity index is 1.72. The maximum Gasteiger partial charge on any atom is 0.409 e. The molecule has 0 spiro atoms. The molecule has 2 amide bonds. The zero-order valence-corrected chi connectivity index (χ0v) is 19.8.